The average molecular weight is 341 g/mol. The van der Waals surface area contributed by atoms with Gasteiger partial charge in [-0.3, -0.25) is 9.69 Å². The molecule has 25 heavy (non-hydrogen) atoms. The molecule has 1 fully saturated rings. The number of amides is 1. The predicted octanol–water partition coefficient (Wildman–Crippen LogP) is 1.95. The lowest BCUT2D eigenvalue weighted by molar-refractivity contribution is 0.00470. The van der Waals surface area contributed by atoms with Crippen LogP contribution in [0.3, 0.4) is 0 Å². The molecule has 0 aliphatic carbocycles. The molecule has 0 bridgehead atoms. The third kappa shape index (κ3) is 4.28. The van der Waals surface area contributed by atoms with Gasteiger partial charge >= 0.3 is 5.97 Å². The summed E-state index contributed by atoms with van der Waals surface area (Å²) in [6.07, 6.45) is 3.24. The van der Waals surface area contributed by atoms with Crippen molar-refractivity contribution in [3.8, 4) is 0 Å². The summed E-state index contributed by atoms with van der Waals surface area (Å²) in [6, 6.07) is 11.8. The van der Waals surface area contributed by atoms with Crippen LogP contribution in [0.2, 0.25) is 0 Å². The SMILES string of the molecule is Cn1cc(C(N)=O)cc1C(=O)OC1CCCN(Cc2ccccc2)C1. The zero-order valence-corrected chi connectivity index (χ0v) is 14.4. The summed E-state index contributed by atoms with van der Waals surface area (Å²) in [6.45, 7) is 2.57. The molecule has 0 radical (unpaired) electrons. The smallest absolute Gasteiger partial charge is 0.355 e. The summed E-state index contributed by atoms with van der Waals surface area (Å²) >= 11 is 0. The average Bonchev–Trinajstić information content (AvgIpc) is 2.98. The molecule has 6 nitrogen and oxygen atoms in total. The number of rotatable bonds is 5. The van der Waals surface area contributed by atoms with Crippen LogP contribution in [0.1, 0.15) is 39.3 Å². The minimum absolute atomic E-state index is 0.142. The number of esters is 1. The molecule has 2 aromatic rings. The first-order valence-corrected chi connectivity index (χ1v) is 8.46. The number of aromatic nitrogens is 1. The Morgan fingerprint density at radius 3 is 2.72 bits per heavy atom. The van der Waals surface area contributed by atoms with E-state index in [1.807, 2.05) is 18.2 Å². The zero-order valence-electron chi connectivity index (χ0n) is 14.4. The molecular formula is C19H23N3O3. The monoisotopic (exact) mass is 341 g/mol. The second kappa shape index (κ2) is 7.53. The van der Waals surface area contributed by atoms with Crippen LogP contribution in [0.5, 0.6) is 0 Å². The Kier molecular flexibility index (Phi) is 5.19. The van der Waals surface area contributed by atoms with Crippen molar-refractivity contribution in [2.24, 2.45) is 12.8 Å². The van der Waals surface area contributed by atoms with E-state index in [0.717, 1.165) is 25.9 Å². The highest BCUT2D eigenvalue weighted by molar-refractivity contribution is 5.96. The zero-order chi connectivity index (χ0) is 17.8. The molecule has 132 valence electrons. The van der Waals surface area contributed by atoms with Gasteiger partial charge in [0.1, 0.15) is 11.8 Å². The second-order valence-electron chi connectivity index (χ2n) is 6.48. The number of nitrogens with two attached hydrogens (primary N) is 1. The van der Waals surface area contributed by atoms with Crippen LogP contribution in [-0.2, 0) is 18.3 Å². The van der Waals surface area contributed by atoms with Gasteiger partial charge in [-0.2, -0.15) is 0 Å². The van der Waals surface area contributed by atoms with E-state index in [-0.39, 0.29) is 6.10 Å². The standard InChI is InChI=1S/C19H23N3O3/c1-21-12-15(18(20)23)10-17(21)19(24)25-16-8-5-9-22(13-16)11-14-6-3-2-4-7-14/h2-4,6-7,10,12,16H,5,8-9,11,13H2,1H3,(H2,20,23). The Labute approximate surface area is 147 Å². The van der Waals surface area contributed by atoms with Gasteiger partial charge in [0.05, 0.1) is 5.56 Å². The maximum absolute atomic E-state index is 12.4. The fraction of sp³-hybridized carbons (Fsp3) is 0.368. The van der Waals surface area contributed by atoms with E-state index in [4.69, 9.17) is 10.5 Å². The predicted molar refractivity (Wildman–Crippen MR) is 94.1 cm³/mol. The van der Waals surface area contributed by atoms with Gasteiger partial charge in [-0.1, -0.05) is 30.3 Å². The van der Waals surface area contributed by atoms with E-state index in [1.54, 1.807) is 17.8 Å². The van der Waals surface area contributed by atoms with Crippen molar-refractivity contribution in [2.45, 2.75) is 25.5 Å². The lowest BCUT2D eigenvalue weighted by atomic mass is 10.1. The molecule has 6 heteroatoms. The van der Waals surface area contributed by atoms with Crippen LogP contribution in [0.25, 0.3) is 0 Å². The number of carbonyl (C=O) groups is 2. The van der Waals surface area contributed by atoms with Crippen LogP contribution >= 0.6 is 0 Å². The van der Waals surface area contributed by atoms with Crippen LogP contribution in [0, 0.1) is 0 Å². The van der Waals surface area contributed by atoms with Gasteiger partial charge in [0.15, 0.2) is 0 Å². The Balaban J connectivity index is 1.60. The highest BCUT2D eigenvalue weighted by Gasteiger charge is 2.25. The lowest BCUT2D eigenvalue weighted by Crippen LogP contribution is -2.40. The normalized spacial score (nSPS) is 18.0. The van der Waals surface area contributed by atoms with E-state index < -0.39 is 11.9 Å². The van der Waals surface area contributed by atoms with Crippen molar-refractivity contribution in [2.75, 3.05) is 13.1 Å². The van der Waals surface area contributed by atoms with E-state index in [2.05, 4.69) is 17.0 Å². The molecule has 1 aliphatic heterocycles. The van der Waals surface area contributed by atoms with Crippen LogP contribution in [-0.4, -0.2) is 40.5 Å². The third-order valence-electron chi connectivity index (χ3n) is 4.48. The van der Waals surface area contributed by atoms with Gasteiger partial charge in [-0.05, 0) is 31.0 Å². The molecular weight excluding hydrogens is 318 g/mol. The van der Waals surface area contributed by atoms with Crippen LogP contribution < -0.4 is 5.73 Å². The Morgan fingerprint density at radius 2 is 2.04 bits per heavy atom. The fourth-order valence-electron chi connectivity index (χ4n) is 3.21. The first kappa shape index (κ1) is 17.2. The number of primary amides is 1. The number of likely N-dealkylation sites (tertiary alicyclic amines) is 1. The summed E-state index contributed by atoms with van der Waals surface area (Å²) < 4.78 is 7.24. The van der Waals surface area contributed by atoms with Gasteiger partial charge in [-0.25, -0.2) is 4.79 Å². The molecule has 1 aliphatic rings. The van der Waals surface area contributed by atoms with E-state index in [9.17, 15) is 9.59 Å². The maximum Gasteiger partial charge on any atom is 0.355 e. The molecule has 2 heterocycles. The molecule has 1 aromatic carbocycles. The highest BCUT2D eigenvalue weighted by Crippen LogP contribution is 2.18. The maximum atomic E-state index is 12.4. The largest absolute Gasteiger partial charge is 0.456 e. The number of hydrogen-bond donors (Lipinski definition) is 1. The lowest BCUT2D eigenvalue weighted by Gasteiger charge is -2.32. The molecule has 1 atom stereocenters. The molecule has 0 spiro atoms. The molecule has 1 amide bonds. The Bertz CT molecular complexity index is 755. The fourth-order valence-corrected chi connectivity index (χ4v) is 3.21. The number of carbonyl (C=O) groups excluding carboxylic acids is 2. The summed E-state index contributed by atoms with van der Waals surface area (Å²) in [4.78, 5) is 26.0. The molecule has 0 saturated carbocycles. The summed E-state index contributed by atoms with van der Waals surface area (Å²) in [5.41, 5.74) is 7.16. The van der Waals surface area contributed by atoms with Crippen molar-refractivity contribution in [1.82, 2.24) is 9.47 Å². The molecule has 1 aromatic heterocycles. The van der Waals surface area contributed by atoms with Crippen molar-refractivity contribution in [3.05, 3.63) is 59.4 Å². The summed E-state index contributed by atoms with van der Waals surface area (Å²) in [5, 5.41) is 0. The summed E-state index contributed by atoms with van der Waals surface area (Å²) in [7, 11) is 1.70. The third-order valence-corrected chi connectivity index (χ3v) is 4.48. The highest BCUT2D eigenvalue weighted by atomic mass is 16.5. The Hall–Kier alpha value is -2.60. The minimum atomic E-state index is -0.554. The molecule has 1 saturated heterocycles. The minimum Gasteiger partial charge on any atom is -0.456 e. The number of hydrogen-bond acceptors (Lipinski definition) is 4. The van der Waals surface area contributed by atoms with Gasteiger partial charge in [0.25, 0.3) is 0 Å². The van der Waals surface area contributed by atoms with Gasteiger partial charge < -0.3 is 15.0 Å². The first-order valence-electron chi connectivity index (χ1n) is 8.46. The molecule has 3 rings (SSSR count). The number of benzene rings is 1. The van der Waals surface area contributed by atoms with E-state index in [0.29, 0.717) is 17.8 Å². The number of aryl methyl sites for hydroxylation is 1. The van der Waals surface area contributed by atoms with Crippen LogP contribution in [0.15, 0.2) is 42.6 Å². The van der Waals surface area contributed by atoms with E-state index in [1.165, 1.54) is 11.6 Å². The van der Waals surface area contributed by atoms with Crippen molar-refractivity contribution in [3.63, 3.8) is 0 Å². The van der Waals surface area contributed by atoms with E-state index >= 15 is 0 Å². The van der Waals surface area contributed by atoms with Crippen LogP contribution in [0.4, 0.5) is 0 Å². The van der Waals surface area contributed by atoms with Gasteiger partial charge in [0.2, 0.25) is 5.91 Å². The number of piperidine rings is 1. The van der Waals surface area contributed by atoms with Crippen molar-refractivity contribution >= 4 is 11.9 Å². The van der Waals surface area contributed by atoms with Crippen molar-refractivity contribution in [1.29, 1.82) is 0 Å². The number of nitrogens with zero attached hydrogens (tertiary/aromatic N) is 2. The molecule has 2 N–H and O–H groups in total. The second-order valence-corrected chi connectivity index (χ2v) is 6.48. The topological polar surface area (TPSA) is 77.6 Å². The molecule has 1 unspecified atom stereocenters. The Morgan fingerprint density at radius 1 is 1.28 bits per heavy atom. The first-order chi connectivity index (χ1) is 12.0. The summed E-state index contributed by atoms with van der Waals surface area (Å²) in [5.74, 6) is -0.970. The number of ether oxygens (including phenoxy) is 1. The quantitative estimate of drug-likeness (QED) is 0.843. The van der Waals surface area contributed by atoms with Gasteiger partial charge in [0, 0.05) is 26.3 Å². The van der Waals surface area contributed by atoms with Gasteiger partial charge in [-0.15, -0.1) is 0 Å². The van der Waals surface area contributed by atoms with Crippen molar-refractivity contribution < 1.29 is 14.3 Å².